The maximum atomic E-state index is 12.4. The molecule has 1 amide bonds. The molecule has 150 valence electrons. The van der Waals surface area contributed by atoms with Crippen molar-refractivity contribution >= 4 is 5.91 Å². The van der Waals surface area contributed by atoms with E-state index in [-0.39, 0.29) is 11.4 Å². The number of hydrogen-bond donors (Lipinski definition) is 1. The molecule has 1 saturated carbocycles. The molecule has 3 rings (SSSR count). The summed E-state index contributed by atoms with van der Waals surface area (Å²) >= 11 is 0. The van der Waals surface area contributed by atoms with Crippen LogP contribution in [0, 0.1) is 5.92 Å². The number of carbonyl (C=O) groups excluding carboxylic acids is 1. The van der Waals surface area contributed by atoms with Crippen LogP contribution in [-0.4, -0.2) is 36.4 Å². The van der Waals surface area contributed by atoms with Crippen LogP contribution >= 0.6 is 0 Å². The molecule has 1 aromatic carbocycles. The Morgan fingerprint density at radius 3 is 2.46 bits per heavy atom. The van der Waals surface area contributed by atoms with E-state index in [4.69, 9.17) is 0 Å². The number of amides is 1. The molecule has 0 aliphatic heterocycles. The quantitative estimate of drug-likeness (QED) is 0.700. The number of aromatic nitrogens is 1. The standard InChI is InChI=1S/C24H33N3O/c1-27(2)24(22-12-6-7-17-25-22)15-13-21(14-16-24)19-23(28)26-18-8-11-20-9-4-3-5-10-20/h3-7,9-10,12,17,21H,8,11,13-16,18-19H2,1-2H3,(H,26,28). The average Bonchev–Trinajstić information content (AvgIpc) is 2.73. The van der Waals surface area contributed by atoms with Gasteiger partial charge < -0.3 is 5.32 Å². The lowest BCUT2D eigenvalue weighted by Gasteiger charge is -2.44. The molecule has 4 heteroatoms. The van der Waals surface area contributed by atoms with Crippen LogP contribution in [-0.2, 0) is 16.8 Å². The second kappa shape index (κ2) is 9.83. The van der Waals surface area contributed by atoms with E-state index >= 15 is 0 Å². The van der Waals surface area contributed by atoms with Gasteiger partial charge in [0.25, 0.3) is 0 Å². The molecule has 0 bridgehead atoms. The van der Waals surface area contributed by atoms with Crippen molar-refractivity contribution in [1.29, 1.82) is 0 Å². The lowest BCUT2D eigenvalue weighted by Crippen LogP contribution is -2.45. The normalized spacial score (nSPS) is 22.2. The van der Waals surface area contributed by atoms with Crippen molar-refractivity contribution in [3.05, 3.63) is 66.0 Å². The number of pyridine rings is 1. The highest BCUT2D eigenvalue weighted by molar-refractivity contribution is 5.76. The van der Waals surface area contributed by atoms with E-state index in [2.05, 4.69) is 65.7 Å². The van der Waals surface area contributed by atoms with Crippen LogP contribution in [0.3, 0.4) is 0 Å². The fourth-order valence-corrected chi connectivity index (χ4v) is 4.43. The van der Waals surface area contributed by atoms with E-state index in [1.165, 1.54) is 5.56 Å². The Balaban J connectivity index is 1.42. The third-order valence-electron chi connectivity index (χ3n) is 6.21. The maximum absolute atomic E-state index is 12.4. The summed E-state index contributed by atoms with van der Waals surface area (Å²) in [6.07, 6.45) is 8.81. The SMILES string of the molecule is CN(C)C1(c2ccccn2)CCC(CC(=O)NCCCc2ccccc2)CC1. The Labute approximate surface area is 169 Å². The van der Waals surface area contributed by atoms with Crippen LogP contribution < -0.4 is 5.32 Å². The summed E-state index contributed by atoms with van der Waals surface area (Å²) in [6.45, 7) is 0.760. The first kappa shape index (κ1) is 20.5. The predicted octanol–water partition coefficient (Wildman–Crippen LogP) is 4.17. The predicted molar refractivity (Wildman–Crippen MR) is 114 cm³/mol. The van der Waals surface area contributed by atoms with Crippen LogP contribution in [0.25, 0.3) is 0 Å². The van der Waals surface area contributed by atoms with E-state index in [0.717, 1.165) is 50.8 Å². The number of benzene rings is 1. The molecule has 1 heterocycles. The van der Waals surface area contributed by atoms with Gasteiger partial charge in [-0.2, -0.15) is 0 Å². The fraction of sp³-hybridized carbons (Fsp3) is 0.500. The molecular weight excluding hydrogens is 346 g/mol. The van der Waals surface area contributed by atoms with Gasteiger partial charge in [-0.15, -0.1) is 0 Å². The highest BCUT2D eigenvalue weighted by Gasteiger charge is 2.40. The highest BCUT2D eigenvalue weighted by Crippen LogP contribution is 2.43. The van der Waals surface area contributed by atoms with Gasteiger partial charge in [0.1, 0.15) is 0 Å². The molecule has 0 saturated heterocycles. The van der Waals surface area contributed by atoms with Crippen LogP contribution in [0.4, 0.5) is 0 Å². The zero-order chi connectivity index (χ0) is 19.8. The zero-order valence-electron chi connectivity index (χ0n) is 17.2. The molecule has 1 aliphatic rings. The summed E-state index contributed by atoms with van der Waals surface area (Å²) in [6, 6.07) is 16.6. The van der Waals surface area contributed by atoms with Crippen molar-refractivity contribution in [2.24, 2.45) is 5.92 Å². The third-order valence-corrected chi connectivity index (χ3v) is 6.21. The summed E-state index contributed by atoms with van der Waals surface area (Å²) < 4.78 is 0. The van der Waals surface area contributed by atoms with E-state index < -0.39 is 0 Å². The minimum absolute atomic E-state index is 0.00389. The molecule has 4 nitrogen and oxygen atoms in total. The highest BCUT2D eigenvalue weighted by atomic mass is 16.1. The molecule has 28 heavy (non-hydrogen) atoms. The van der Waals surface area contributed by atoms with Gasteiger partial charge in [-0.05, 0) is 76.2 Å². The summed E-state index contributed by atoms with van der Waals surface area (Å²) in [5.74, 6) is 0.680. The van der Waals surface area contributed by atoms with E-state index in [1.54, 1.807) is 0 Å². The third kappa shape index (κ3) is 5.20. The monoisotopic (exact) mass is 379 g/mol. The number of carbonyl (C=O) groups is 1. The number of aryl methyl sites for hydroxylation is 1. The van der Waals surface area contributed by atoms with Gasteiger partial charge in [-0.1, -0.05) is 36.4 Å². The van der Waals surface area contributed by atoms with Gasteiger partial charge in [-0.3, -0.25) is 14.7 Å². The summed E-state index contributed by atoms with van der Waals surface area (Å²) in [4.78, 5) is 19.3. The Morgan fingerprint density at radius 2 is 1.82 bits per heavy atom. The molecule has 0 unspecified atom stereocenters. The van der Waals surface area contributed by atoms with E-state index in [9.17, 15) is 4.79 Å². The van der Waals surface area contributed by atoms with Gasteiger partial charge in [0.05, 0.1) is 11.2 Å². The second-order valence-electron chi connectivity index (χ2n) is 8.23. The van der Waals surface area contributed by atoms with E-state index in [0.29, 0.717) is 12.3 Å². The van der Waals surface area contributed by atoms with Gasteiger partial charge in [0.2, 0.25) is 5.91 Å². The molecule has 1 aromatic heterocycles. The summed E-state index contributed by atoms with van der Waals surface area (Å²) in [5.41, 5.74) is 2.49. The number of nitrogens with one attached hydrogen (secondary N) is 1. The maximum Gasteiger partial charge on any atom is 0.220 e. The van der Waals surface area contributed by atoms with Crippen LogP contribution in [0.1, 0.15) is 49.8 Å². The lowest BCUT2D eigenvalue weighted by atomic mass is 9.72. The Kier molecular flexibility index (Phi) is 7.21. The van der Waals surface area contributed by atoms with Gasteiger partial charge in [0, 0.05) is 19.2 Å². The van der Waals surface area contributed by atoms with Crippen molar-refractivity contribution in [3.8, 4) is 0 Å². The summed E-state index contributed by atoms with van der Waals surface area (Å²) in [5, 5.41) is 3.11. The Morgan fingerprint density at radius 1 is 1.11 bits per heavy atom. The minimum Gasteiger partial charge on any atom is -0.356 e. The van der Waals surface area contributed by atoms with Crippen molar-refractivity contribution in [1.82, 2.24) is 15.2 Å². The molecular formula is C24H33N3O. The molecule has 1 aliphatic carbocycles. The van der Waals surface area contributed by atoms with Gasteiger partial charge >= 0.3 is 0 Å². The lowest BCUT2D eigenvalue weighted by molar-refractivity contribution is -0.122. The minimum atomic E-state index is 0.00389. The molecule has 0 spiro atoms. The number of rotatable bonds is 8. The van der Waals surface area contributed by atoms with Crippen LogP contribution in [0.15, 0.2) is 54.7 Å². The molecule has 1 fully saturated rings. The van der Waals surface area contributed by atoms with Crippen LogP contribution in [0.5, 0.6) is 0 Å². The van der Waals surface area contributed by atoms with Crippen molar-refractivity contribution in [3.63, 3.8) is 0 Å². The molecule has 0 radical (unpaired) electrons. The average molecular weight is 380 g/mol. The smallest absolute Gasteiger partial charge is 0.220 e. The van der Waals surface area contributed by atoms with Gasteiger partial charge in [0.15, 0.2) is 0 Å². The number of nitrogens with zero attached hydrogens (tertiary/aromatic N) is 2. The Hall–Kier alpha value is -2.20. The van der Waals surface area contributed by atoms with Crippen molar-refractivity contribution in [2.75, 3.05) is 20.6 Å². The first-order valence-corrected chi connectivity index (χ1v) is 10.5. The topological polar surface area (TPSA) is 45.2 Å². The first-order chi connectivity index (χ1) is 13.6. The Bertz CT molecular complexity index is 722. The number of hydrogen-bond acceptors (Lipinski definition) is 3. The largest absolute Gasteiger partial charge is 0.356 e. The zero-order valence-corrected chi connectivity index (χ0v) is 17.2. The van der Waals surface area contributed by atoms with E-state index in [1.807, 2.05) is 18.3 Å². The fourth-order valence-electron chi connectivity index (χ4n) is 4.43. The first-order valence-electron chi connectivity index (χ1n) is 10.5. The van der Waals surface area contributed by atoms with Crippen molar-refractivity contribution < 1.29 is 4.79 Å². The van der Waals surface area contributed by atoms with Gasteiger partial charge in [-0.25, -0.2) is 0 Å². The van der Waals surface area contributed by atoms with Crippen molar-refractivity contribution in [2.45, 2.75) is 50.5 Å². The summed E-state index contributed by atoms with van der Waals surface area (Å²) in [7, 11) is 4.29. The second-order valence-corrected chi connectivity index (χ2v) is 8.23. The van der Waals surface area contributed by atoms with Crippen LogP contribution in [0.2, 0.25) is 0 Å². The molecule has 1 N–H and O–H groups in total. The molecule has 2 aromatic rings. The molecule has 0 atom stereocenters.